The maximum atomic E-state index is 13.2. The maximum absolute atomic E-state index is 13.2. The summed E-state index contributed by atoms with van der Waals surface area (Å²) in [6, 6.07) is 11.1. The van der Waals surface area contributed by atoms with Crippen molar-refractivity contribution in [3.05, 3.63) is 69.6 Å². The Morgan fingerprint density at radius 1 is 0.931 bits per heavy atom. The fourth-order valence-corrected chi connectivity index (χ4v) is 5.01. The van der Waals surface area contributed by atoms with Crippen LogP contribution >= 0.6 is 0 Å². The van der Waals surface area contributed by atoms with Gasteiger partial charge < -0.3 is 9.47 Å². The molecule has 1 aromatic carbocycles. The summed E-state index contributed by atoms with van der Waals surface area (Å²) in [4.78, 5) is 53.7. The molecular weight excluding hydrogens is 370 g/mol. The molecule has 4 heterocycles. The van der Waals surface area contributed by atoms with Crippen LogP contribution in [0.4, 0.5) is 0 Å². The van der Waals surface area contributed by atoms with Gasteiger partial charge in [-0.15, -0.1) is 0 Å². The number of amides is 3. The minimum Gasteiger partial charge on any atom is -0.340 e. The standard InChI is InChI=1S/C22H21N3O4/c1-13(25-21(28)16-5-2-3-6-17(16)22(25)29)20(27)23-10-14-9-15(12-23)18-7-4-8-19(26)24(18)11-14/h2-8,13-15H,9-12H2,1H3/t13-,14+,15+/m0/s1. The van der Waals surface area contributed by atoms with E-state index >= 15 is 0 Å². The second kappa shape index (κ2) is 6.40. The number of hydrogen-bond acceptors (Lipinski definition) is 4. The molecular formula is C22H21N3O4. The predicted molar refractivity (Wildman–Crippen MR) is 105 cm³/mol. The number of piperidine rings is 1. The van der Waals surface area contributed by atoms with Crippen molar-refractivity contribution in [3.63, 3.8) is 0 Å². The monoisotopic (exact) mass is 391 g/mol. The first kappa shape index (κ1) is 17.8. The highest BCUT2D eigenvalue weighted by molar-refractivity contribution is 6.22. The van der Waals surface area contributed by atoms with E-state index in [9.17, 15) is 19.2 Å². The number of carbonyl (C=O) groups is 3. The number of rotatable bonds is 2. The smallest absolute Gasteiger partial charge is 0.262 e. The van der Waals surface area contributed by atoms with Crippen molar-refractivity contribution in [1.82, 2.24) is 14.4 Å². The molecule has 1 fully saturated rings. The number of pyridine rings is 1. The van der Waals surface area contributed by atoms with E-state index in [4.69, 9.17) is 0 Å². The molecule has 148 valence electrons. The normalized spacial score (nSPS) is 23.6. The van der Waals surface area contributed by atoms with Gasteiger partial charge in [0.05, 0.1) is 11.1 Å². The average molecular weight is 391 g/mol. The molecule has 3 atom stereocenters. The van der Waals surface area contributed by atoms with E-state index in [2.05, 4.69) is 0 Å². The Bertz CT molecular complexity index is 1070. The first-order valence-corrected chi connectivity index (χ1v) is 9.91. The van der Waals surface area contributed by atoms with Gasteiger partial charge in [-0.05, 0) is 37.5 Å². The lowest BCUT2D eigenvalue weighted by atomic mass is 9.83. The molecule has 3 amide bonds. The van der Waals surface area contributed by atoms with E-state index in [0.717, 1.165) is 17.0 Å². The fourth-order valence-electron chi connectivity index (χ4n) is 5.01. The Morgan fingerprint density at radius 2 is 1.62 bits per heavy atom. The van der Waals surface area contributed by atoms with E-state index in [0.29, 0.717) is 30.8 Å². The van der Waals surface area contributed by atoms with Crippen LogP contribution in [-0.2, 0) is 11.3 Å². The van der Waals surface area contributed by atoms with Crippen molar-refractivity contribution in [2.75, 3.05) is 13.1 Å². The lowest BCUT2D eigenvalue weighted by Crippen LogP contribution is -2.55. The Balaban J connectivity index is 1.39. The van der Waals surface area contributed by atoms with Crippen LogP contribution in [0, 0.1) is 5.92 Å². The van der Waals surface area contributed by atoms with Crippen molar-refractivity contribution < 1.29 is 14.4 Å². The summed E-state index contributed by atoms with van der Waals surface area (Å²) in [5.74, 6) is -0.767. The molecule has 7 nitrogen and oxygen atoms in total. The molecule has 2 bridgehead atoms. The van der Waals surface area contributed by atoms with E-state index in [1.165, 1.54) is 0 Å². The van der Waals surface area contributed by atoms with Crippen molar-refractivity contribution in [2.45, 2.75) is 31.8 Å². The molecule has 1 saturated heterocycles. The summed E-state index contributed by atoms with van der Waals surface area (Å²) in [5.41, 5.74) is 1.65. The molecule has 7 heteroatoms. The molecule has 1 aromatic heterocycles. The van der Waals surface area contributed by atoms with Gasteiger partial charge >= 0.3 is 0 Å². The minimum absolute atomic E-state index is 0.00336. The number of fused-ring (bicyclic) bond motifs is 5. The Labute approximate surface area is 167 Å². The molecule has 0 aliphatic carbocycles. The molecule has 0 unspecified atom stereocenters. The second-order valence-corrected chi connectivity index (χ2v) is 8.14. The third-order valence-corrected chi connectivity index (χ3v) is 6.36. The number of benzene rings is 1. The lowest BCUT2D eigenvalue weighted by Gasteiger charge is -2.43. The van der Waals surface area contributed by atoms with Gasteiger partial charge in [-0.2, -0.15) is 0 Å². The third kappa shape index (κ3) is 2.64. The van der Waals surface area contributed by atoms with E-state index in [-0.39, 0.29) is 23.3 Å². The number of nitrogens with zero attached hydrogens (tertiary/aromatic N) is 3. The molecule has 0 N–H and O–H groups in total. The molecule has 0 spiro atoms. The molecule has 5 rings (SSSR count). The highest BCUT2D eigenvalue weighted by Crippen LogP contribution is 2.35. The number of carbonyl (C=O) groups excluding carboxylic acids is 3. The van der Waals surface area contributed by atoms with Crippen molar-refractivity contribution in [3.8, 4) is 0 Å². The number of likely N-dealkylation sites (tertiary alicyclic amines) is 1. The van der Waals surface area contributed by atoms with Gasteiger partial charge in [0.2, 0.25) is 5.91 Å². The summed E-state index contributed by atoms with van der Waals surface area (Å²) in [5, 5.41) is 0. The van der Waals surface area contributed by atoms with Crippen molar-refractivity contribution in [1.29, 1.82) is 0 Å². The van der Waals surface area contributed by atoms with Crippen LogP contribution in [0.1, 0.15) is 45.7 Å². The zero-order valence-corrected chi connectivity index (χ0v) is 16.1. The highest BCUT2D eigenvalue weighted by atomic mass is 16.2. The fraction of sp³-hybridized carbons (Fsp3) is 0.364. The zero-order chi connectivity index (χ0) is 20.3. The maximum Gasteiger partial charge on any atom is 0.262 e. The molecule has 3 aliphatic heterocycles. The highest BCUT2D eigenvalue weighted by Gasteiger charge is 2.44. The largest absolute Gasteiger partial charge is 0.340 e. The lowest BCUT2D eigenvalue weighted by molar-refractivity contribution is -0.137. The molecule has 0 saturated carbocycles. The number of aromatic nitrogens is 1. The average Bonchev–Trinajstić information content (AvgIpc) is 2.98. The Hall–Kier alpha value is -3.22. The number of imide groups is 1. The second-order valence-electron chi connectivity index (χ2n) is 8.14. The minimum atomic E-state index is -0.862. The Kier molecular flexibility index (Phi) is 3.94. The molecule has 29 heavy (non-hydrogen) atoms. The molecule has 0 radical (unpaired) electrons. The van der Waals surface area contributed by atoms with Gasteiger partial charge in [-0.25, -0.2) is 0 Å². The van der Waals surface area contributed by atoms with Crippen LogP contribution in [0.2, 0.25) is 0 Å². The van der Waals surface area contributed by atoms with Gasteiger partial charge in [0.1, 0.15) is 6.04 Å². The van der Waals surface area contributed by atoms with Gasteiger partial charge in [0.15, 0.2) is 0 Å². The first-order valence-electron chi connectivity index (χ1n) is 9.91. The summed E-state index contributed by atoms with van der Waals surface area (Å²) < 4.78 is 1.81. The topological polar surface area (TPSA) is 79.7 Å². The van der Waals surface area contributed by atoms with Crippen LogP contribution in [0.25, 0.3) is 0 Å². The van der Waals surface area contributed by atoms with E-state index in [1.54, 1.807) is 48.2 Å². The van der Waals surface area contributed by atoms with Crippen molar-refractivity contribution >= 4 is 17.7 Å². The van der Waals surface area contributed by atoms with Crippen molar-refractivity contribution in [2.24, 2.45) is 5.92 Å². The van der Waals surface area contributed by atoms with Crippen LogP contribution < -0.4 is 5.56 Å². The number of hydrogen-bond donors (Lipinski definition) is 0. The first-order chi connectivity index (χ1) is 14.0. The summed E-state index contributed by atoms with van der Waals surface area (Å²) >= 11 is 0. The molecule has 2 aromatic rings. The predicted octanol–water partition coefficient (Wildman–Crippen LogP) is 1.48. The van der Waals surface area contributed by atoms with Crippen LogP contribution in [-0.4, -0.2) is 51.2 Å². The van der Waals surface area contributed by atoms with Gasteiger partial charge in [0.25, 0.3) is 17.4 Å². The van der Waals surface area contributed by atoms with Gasteiger partial charge in [0, 0.05) is 37.3 Å². The van der Waals surface area contributed by atoms with Crippen LogP contribution in [0.3, 0.4) is 0 Å². The SMILES string of the molecule is C[C@@H](C(=O)N1C[C@H]2C[C@H](C1)c1cccc(=O)n1C2)N1C(=O)c2ccccc2C1=O. The van der Waals surface area contributed by atoms with E-state index < -0.39 is 17.9 Å². The third-order valence-electron chi connectivity index (χ3n) is 6.36. The molecule has 3 aliphatic rings. The van der Waals surface area contributed by atoms with E-state index in [1.807, 2.05) is 10.6 Å². The van der Waals surface area contributed by atoms with Crippen LogP contribution in [0.15, 0.2) is 47.3 Å². The summed E-state index contributed by atoms with van der Waals surface area (Å²) in [6.07, 6.45) is 0.939. The van der Waals surface area contributed by atoms with Crippen LogP contribution in [0.5, 0.6) is 0 Å². The zero-order valence-electron chi connectivity index (χ0n) is 16.1. The quantitative estimate of drug-likeness (QED) is 0.727. The Morgan fingerprint density at radius 3 is 2.31 bits per heavy atom. The summed E-state index contributed by atoms with van der Waals surface area (Å²) in [7, 11) is 0. The van der Waals surface area contributed by atoms with Gasteiger partial charge in [-0.1, -0.05) is 18.2 Å². The van der Waals surface area contributed by atoms with Gasteiger partial charge in [-0.3, -0.25) is 24.1 Å². The summed E-state index contributed by atoms with van der Waals surface area (Å²) in [6.45, 7) is 3.24.